The predicted octanol–water partition coefficient (Wildman–Crippen LogP) is 0.306. The summed E-state index contributed by atoms with van der Waals surface area (Å²) in [5.41, 5.74) is 0.600. The molecule has 3 heterocycles. The number of aliphatic hydroxyl groups is 1. The third kappa shape index (κ3) is 3.47. The van der Waals surface area contributed by atoms with E-state index in [1.54, 1.807) is 12.4 Å². The number of carbonyl (C=O) groups excluding carboxylic acids is 2. The molecule has 1 fully saturated rings. The number of aliphatic hydroxyl groups excluding tert-OH is 1. The molecule has 0 unspecified atom stereocenters. The van der Waals surface area contributed by atoms with Gasteiger partial charge in [0.2, 0.25) is 11.8 Å². The standard InChI is InChI=1S/C16H22N6O3S/c1-9(2)13(22-8-11(19-20-22)15-18-4-5-26-15)16(25)21-7-10(23)6-12(21)14(24)17-3/h4-5,8-10,12-13,23H,6-7H2,1-3H3,(H,17,24)/t10-,12+,13-/m1/s1. The number of aromatic nitrogens is 4. The molecule has 140 valence electrons. The molecule has 9 nitrogen and oxygen atoms in total. The fraction of sp³-hybridized carbons (Fsp3) is 0.562. The second kappa shape index (κ2) is 7.50. The normalized spacial score (nSPS) is 21.2. The van der Waals surface area contributed by atoms with Gasteiger partial charge in [-0.1, -0.05) is 19.1 Å². The molecule has 1 aliphatic heterocycles. The Labute approximate surface area is 155 Å². The molecule has 10 heteroatoms. The number of likely N-dealkylation sites (tertiary alicyclic amines) is 1. The van der Waals surface area contributed by atoms with Crippen LogP contribution >= 0.6 is 11.3 Å². The smallest absolute Gasteiger partial charge is 0.248 e. The van der Waals surface area contributed by atoms with E-state index in [4.69, 9.17) is 0 Å². The molecule has 0 aromatic carbocycles. The molecule has 1 saturated heterocycles. The summed E-state index contributed by atoms with van der Waals surface area (Å²) in [4.78, 5) is 30.9. The number of hydrogen-bond acceptors (Lipinski definition) is 7. The summed E-state index contributed by atoms with van der Waals surface area (Å²) in [6, 6.07) is -1.29. The van der Waals surface area contributed by atoms with E-state index in [1.165, 1.54) is 28.0 Å². The SMILES string of the molecule is CNC(=O)[C@@H]1C[C@@H](O)CN1C(=O)[C@@H](C(C)C)n1cc(-c2nccs2)nn1. The summed E-state index contributed by atoms with van der Waals surface area (Å²) in [7, 11) is 1.52. The maximum absolute atomic E-state index is 13.2. The van der Waals surface area contributed by atoms with E-state index in [2.05, 4.69) is 20.6 Å². The van der Waals surface area contributed by atoms with Gasteiger partial charge in [0.15, 0.2) is 0 Å². The van der Waals surface area contributed by atoms with Gasteiger partial charge in [0, 0.05) is 31.6 Å². The van der Waals surface area contributed by atoms with Crippen LogP contribution in [0, 0.1) is 5.92 Å². The first kappa shape index (κ1) is 18.5. The molecular formula is C16H22N6O3S. The van der Waals surface area contributed by atoms with Crippen molar-refractivity contribution in [3.05, 3.63) is 17.8 Å². The van der Waals surface area contributed by atoms with Crippen LogP contribution in [0.4, 0.5) is 0 Å². The Kier molecular flexibility index (Phi) is 5.33. The van der Waals surface area contributed by atoms with E-state index in [-0.39, 0.29) is 30.7 Å². The summed E-state index contributed by atoms with van der Waals surface area (Å²) in [5, 5.41) is 23.3. The fourth-order valence-electron chi connectivity index (χ4n) is 3.21. The molecule has 3 rings (SSSR count). The minimum absolute atomic E-state index is 0.0728. The fourth-order valence-corrected chi connectivity index (χ4v) is 3.79. The Morgan fingerprint density at radius 1 is 1.42 bits per heavy atom. The lowest BCUT2D eigenvalue weighted by molar-refractivity contribution is -0.142. The molecule has 0 saturated carbocycles. The number of nitrogens with zero attached hydrogens (tertiary/aromatic N) is 5. The van der Waals surface area contributed by atoms with Crippen molar-refractivity contribution in [2.75, 3.05) is 13.6 Å². The molecule has 2 aromatic heterocycles. The lowest BCUT2D eigenvalue weighted by Gasteiger charge is -2.29. The zero-order chi connectivity index (χ0) is 18.8. The van der Waals surface area contributed by atoms with Crippen molar-refractivity contribution < 1.29 is 14.7 Å². The summed E-state index contributed by atoms with van der Waals surface area (Å²) in [5.74, 6) is -0.600. The summed E-state index contributed by atoms with van der Waals surface area (Å²) in [6.45, 7) is 3.96. The van der Waals surface area contributed by atoms with E-state index in [0.29, 0.717) is 5.69 Å². The van der Waals surface area contributed by atoms with Gasteiger partial charge in [0.05, 0.1) is 12.3 Å². The first-order valence-electron chi connectivity index (χ1n) is 8.44. The van der Waals surface area contributed by atoms with Crippen LogP contribution in [0.5, 0.6) is 0 Å². The van der Waals surface area contributed by atoms with Crippen molar-refractivity contribution in [2.24, 2.45) is 5.92 Å². The number of thiazole rings is 1. The molecule has 2 amide bonds. The van der Waals surface area contributed by atoms with Gasteiger partial charge in [-0.2, -0.15) is 0 Å². The van der Waals surface area contributed by atoms with E-state index in [1.807, 2.05) is 19.2 Å². The van der Waals surface area contributed by atoms with E-state index < -0.39 is 18.2 Å². The Hall–Kier alpha value is -2.33. The average molecular weight is 378 g/mol. The highest BCUT2D eigenvalue weighted by Gasteiger charge is 2.42. The van der Waals surface area contributed by atoms with E-state index in [0.717, 1.165) is 5.01 Å². The van der Waals surface area contributed by atoms with Crippen molar-refractivity contribution in [3.63, 3.8) is 0 Å². The molecule has 1 aliphatic rings. The number of likely N-dealkylation sites (N-methyl/N-ethyl adjacent to an activating group) is 1. The Morgan fingerprint density at radius 3 is 2.81 bits per heavy atom. The maximum atomic E-state index is 13.2. The Balaban J connectivity index is 1.88. The number of hydrogen-bond donors (Lipinski definition) is 2. The Morgan fingerprint density at radius 2 is 2.19 bits per heavy atom. The van der Waals surface area contributed by atoms with Crippen LogP contribution in [0.15, 0.2) is 17.8 Å². The second-order valence-electron chi connectivity index (χ2n) is 6.62. The Bertz CT molecular complexity index is 775. The number of nitrogens with one attached hydrogen (secondary N) is 1. The molecule has 3 atom stereocenters. The highest BCUT2D eigenvalue weighted by Crippen LogP contribution is 2.28. The van der Waals surface area contributed by atoms with Gasteiger partial charge in [0.1, 0.15) is 22.8 Å². The highest BCUT2D eigenvalue weighted by atomic mass is 32.1. The first-order chi connectivity index (χ1) is 12.4. The molecule has 0 spiro atoms. The largest absolute Gasteiger partial charge is 0.391 e. The molecule has 26 heavy (non-hydrogen) atoms. The van der Waals surface area contributed by atoms with Crippen LogP contribution in [0.3, 0.4) is 0 Å². The monoisotopic (exact) mass is 378 g/mol. The van der Waals surface area contributed by atoms with Crippen molar-refractivity contribution in [1.82, 2.24) is 30.2 Å². The van der Waals surface area contributed by atoms with Crippen molar-refractivity contribution in [1.29, 1.82) is 0 Å². The summed E-state index contributed by atoms with van der Waals surface area (Å²) >= 11 is 1.44. The number of carbonyl (C=O) groups is 2. The van der Waals surface area contributed by atoms with Gasteiger partial charge in [-0.15, -0.1) is 16.4 Å². The number of rotatable bonds is 5. The van der Waals surface area contributed by atoms with Gasteiger partial charge in [-0.05, 0) is 5.92 Å². The van der Waals surface area contributed by atoms with Crippen LogP contribution in [-0.2, 0) is 9.59 Å². The average Bonchev–Trinajstić information content (AvgIpc) is 3.33. The van der Waals surface area contributed by atoms with Gasteiger partial charge >= 0.3 is 0 Å². The molecule has 0 aliphatic carbocycles. The lowest BCUT2D eigenvalue weighted by atomic mass is 10.0. The van der Waals surface area contributed by atoms with Crippen molar-refractivity contribution in [3.8, 4) is 10.7 Å². The maximum Gasteiger partial charge on any atom is 0.248 e. The van der Waals surface area contributed by atoms with Gasteiger partial charge in [-0.3, -0.25) is 9.59 Å². The molecular weight excluding hydrogens is 356 g/mol. The third-order valence-corrected chi connectivity index (χ3v) is 5.24. The summed E-state index contributed by atoms with van der Waals surface area (Å²) in [6.07, 6.45) is 2.90. The van der Waals surface area contributed by atoms with Crippen LogP contribution in [0.25, 0.3) is 10.7 Å². The number of amides is 2. The van der Waals surface area contributed by atoms with E-state index >= 15 is 0 Å². The minimum Gasteiger partial charge on any atom is -0.391 e. The first-order valence-corrected chi connectivity index (χ1v) is 9.32. The van der Waals surface area contributed by atoms with Gasteiger partial charge in [-0.25, -0.2) is 9.67 Å². The molecule has 0 radical (unpaired) electrons. The van der Waals surface area contributed by atoms with Crippen LogP contribution in [-0.4, -0.2) is 67.5 Å². The van der Waals surface area contributed by atoms with Gasteiger partial charge in [0.25, 0.3) is 0 Å². The van der Waals surface area contributed by atoms with Crippen LogP contribution in [0.2, 0.25) is 0 Å². The zero-order valence-electron chi connectivity index (χ0n) is 14.9. The third-order valence-electron chi connectivity index (χ3n) is 4.44. The highest BCUT2D eigenvalue weighted by molar-refractivity contribution is 7.13. The lowest BCUT2D eigenvalue weighted by Crippen LogP contribution is -2.48. The quantitative estimate of drug-likeness (QED) is 0.774. The van der Waals surface area contributed by atoms with Crippen LogP contribution < -0.4 is 5.32 Å². The van der Waals surface area contributed by atoms with Gasteiger partial charge < -0.3 is 15.3 Å². The number of β-amino-alcohol motifs (C(OH)–C–C–N with tert-alkyl or cyclic N) is 1. The minimum atomic E-state index is -0.712. The molecule has 2 N–H and O–H groups in total. The predicted molar refractivity (Wildman–Crippen MR) is 95.2 cm³/mol. The van der Waals surface area contributed by atoms with Crippen LogP contribution in [0.1, 0.15) is 26.3 Å². The van der Waals surface area contributed by atoms with Crippen molar-refractivity contribution in [2.45, 2.75) is 38.5 Å². The second-order valence-corrected chi connectivity index (χ2v) is 7.51. The summed E-state index contributed by atoms with van der Waals surface area (Å²) < 4.78 is 1.52. The molecule has 0 bridgehead atoms. The topological polar surface area (TPSA) is 113 Å². The zero-order valence-corrected chi connectivity index (χ0v) is 15.7. The van der Waals surface area contributed by atoms with Crippen molar-refractivity contribution >= 4 is 23.2 Å². The molecule has 2 aromatic rings. The van der Waals surface area contributed by atoms with E-state index in [9.17, 15) is 14.7 Å².